The highest BCUT2D eigenvalue weighted by atomic mass is 31.2. The zero-order valence-corrected chi connectivity index (χ0v) is 10.3. The Kier molecular flexibility index (Phi) is 4.88. The third kappa shape index (κ3) is 3.87. The summed E-state index contributed by atoms with van der Waals surface area (Å²) in [4.78, 5) is 22.7. The van der Waals surface area contributed by atoms with Crippen molar-refractivity contribution in [2.24, 2.45) is 5.11 Å². The van der Waals surface area contributed by atoms with Gasteiger partial charge in [0.05, 0.1) is 13.7 Å². The topological polar surface area (TPSA) is 122 Å². The van der Waals surface area contributed by atoms with E-state index in [1.165, 1.54) is 12.1 Å². The number of hydrogen-bond donors (Lipinski definition) is 1. The molecule has 1 atom stereocenters. The van der Waals surface area contributed by atoms with Crippen LogP contribution in [0.15, 0.2) is 29.4 Å². The second-order valence-electron chi connectivity index (χ2n) is 3.12. The first-order chi connectivity index (χ1) is 8.49. The number of methoxy groups -OCH3 is 1. The minimum atomic E-state index is -4.42. The molecular formula is C9H10N3O5P. The van der Waals surface area contributed by atoms with Gasteiger partial charge in [0.1, 0.15) is 0 Å². The monoisotopic (exact) mass is 271 g/mol. The van der Waals surface area contributed by atoms with E-state index in [0.717, 1.165) is 7.11 Å². The molecule has 0 radical (unpaired) electrons. The number of benzene rings is 1. The van der Waals surface area contributed by atoms with Gasteiger partial charge in [-0.15, -0.1) is 0 Å². The Balaban J connectivity index is 2.66. The molecule has 96 valence electrons. The van der Waals surface area contributed by atoms with E-state index in [0.29, 0.717) is 11.3 Å². The molecule has 0 spiro atoms. The first-order valence-electron chi connectivity index (χ1n) is 4.69. The number of rotatable bonds is 5. The zero-order valence-electron chi connectivity index (χ0n) is 9.39. The van der Waals surface area contributed by atoms with Gasteiger partial charge in [-0.05, 0) is 11.1 Å². The minimum absolute atomic E-state index is 0.237. The highest BCUT2D eigenvalue weighted by Crippen LogP contribution is 2.44. The van der Waals surface area contributed by atoms with E-state index in [1.54, 1.807) is 12.1 Å². The van der Waals surface area contributed by atoms with Crippen molar-refractivity contribution < 1.29 is 23.5 Å². The van der Waals surface area contributed by atoms with Crippen molar-refractivity contribution in [3.8, 4) is 0 Å². The van der Waals surface area contributed by atoms with E-state index in [2.05, 4.69) is 19.3 Å². The SMILES string of the molecule is COC(=O)P(=O)(O)OCc1ccc(N=[N+]=[N-])cc1. The van der Waals surface area contributed by atoms with Crippen molar-refractivity contribution in [3.05, 3.63) is 40.3 Å². The predicted molar refractivity (Wildman–Crippen MR) is 62.3 cm³/mol. The largest absolute Gasteiger partial charge is 0.460 e. The molecule has 1 aromatic carbocycles. The number of ether oxygens (including phenoxy) is 1. The van der Waals surface area contributed by atoms with Gasteiger partial charge in [-0.1, -0.05) is 29.4 Å². The van der Waals surface area contributed by atoms with E-state index in [1.807, 2.05) is 0 Å². The van der Waals surface area contributed by atoms with Crippen LogP contribution >= 0.6 is 7.60 Å². The summed E-state index contributed by atoms with van der Waals surface area (Å²) in [6.45, 7) is -0.237. The molecule has 1 rings (SSSR count). The van der Waals surface area contributed by atoms with Gasteiger partial charge >= 0.3 is 13.3 Å². The Morgan fingerprint density at radius 2 is 2.11 bits per heavy atom. The van der Waals surface area contributed by atoms with Crippen LogP contribution in [0.1, 0.15) is 5.56 Å². The summed E-state index contributed by atoms with van der Waals surface area (Å²) < 4.78 is 20.0. The maximum absolute atomic E-state index is 11.3. The van der Waals surface area contributed by atoms with Gasteiger partial charge in [0.15, 0.2) is 0 Å². The first-order valence-corrected chi connectivity index (χ1v) is 6.27. The summed E-state index contributed by atoms with van der Waals surface area (Å²) in [5, 5.41) is 3.36. The molecule has 0 aliphatic heterocycles. The third-order valence-electron chi connectivity index (χ3n) is 1.91. The molecular weight excluding hydrogens is 261 g/mol. The third-order valence-corrected chi connectivity index (χ3v) is 3.03. The Hall–Kier alpha value is -1.85. The maximum atomic E-state index is 11.3. The van der Waals surface area contributed by atoms with E-state index in [9.17, 15) is 14.3 Å². The van der Waals surface area contributed by atoms with Crippen molar-refractivity contribution in [1.82, 2.24) is 0 Å². The lowest BCUT2D eigenvalue weighted by molar-refractivity contribution is 0.175. The second kappa shape index (κ2) is 6.18. The van der Waals surface area contributed by atoms with Gasteiger partial charge in [-0.2, -0.15) is 0 Å². The summed E-state index contributed by atoms with van der Waals surface area (Å²) in [7, 11) is -3.43. The molecule has 9 heteroatoms. The number of hydrogen-bond acceptors (Lipinski definition) is 5. The molecule has 0 saturated carbocycles. The Morgan fingerprint density at radius 3 is 2.61 bits per heavy atom. The van der Waals surface area contributed by atoms with Crippen molar-refractivity contribution >= 4 is 19.0 Å². The lowest BCUT2D eigenvalue weighted by Gasteiger charge is -2.09. The van der Waals surface area contributed by atoms with Crippen LogP contribution < -0.4 is 0 Å². The summed E-state index contributed by atoms with van der Waals surface area (Å²) in [5.74, 6) is 0. The zero-order chi connectivity index (χ0) is 13.6. The molecule has 1 aromatic rings. The minimum Gasteiger partial charge on any atom is -0.460 e. The predicted octanol–water partition coefficient (Wildman–Crippen LogP) is 3.10. The quantitative estimate of drug-likeness (QED) is 0.381. The van der Waals surface area contributed by atoms with Crippen molar-refractivity contribution in [2.45, 2.75) is 6.61 Å². The van der Waals surface area contributed by atoms with E-state index < -0.39 is 13.3 Å². The fraction of sp³-hybridized carbons (Fsp3) is 0.222. The van der Waals surface area contributed by atoms with Crippen LogP contribution in [0.25, 0.3) is 10.4 Å². The van der Waals surface area contributed by atoms with Crippen LogP contribution in [0.2, 0.25) is 0 Å². The van der Waals surface area contributed by atoms with E-state index in [4.69, 9.17) is 5.53 Å². The molecule has 1 unspecified atom stereocenters. The Labute approximate surface area is 102 Å². The fourth-order valence-corrected chi connectivity index (χ4v) is 1.70. The molecule has 0 saturated heterocycles. The van der Waals surface area contributed by atoms with Gasteiger partial charge in [-0.3, -0.25) is 4.52 Å². The fourth-order valence-electron chi connectivity index (χ4n) is 1.04. The van der Waals surface area contributed by atoms with Crippen LogP contribution in [-0.2, 0) is 20.4 Å². The number of azide groups is 1. The molecule has 0 fully saturated rings. The van der Waals surface area contributed by atoms with Gasteiger partial charge in [0, 0.05) is 10.6 Å². The normalized spacial score (nSPS) is 13.2. The maximum Gasteiger partial charge on any atom is 0.436 e. The number of carbonyl (C=O) groups excluding carboxylic acids is 1. The Morgan fingerprint density at radius 1 is 1.50 bits per heavy atom. The molecule has 0 amide bonds. The average Bonchev–Trinajstić information content (AvgIpc) is 2.37. The summed E-state index contributed by atoms with van der Waals surface area (Å²) >= 11 is 0. The van der Waals surface area contributed by atoms with Gasteiger partial charge in [0.25, 0.3) is 0 Å². The smallest absolute Gasteiger partial charge is 0.436 e. The second-order valence-corrected chi connectivity index (χ2v) is 4.78. The number of carbonyl (C=O) groups is 1. The molecule has 0 aliphatic carbocycles. The molecule has 0 bridgehead atoms. The lowest BCUT2D eigenvalue weighted by atomic mass is 10.2. The first kappa shape index (κ1) is 14.2. The highest BCUT2D eigenvalue weighted by Gasteiger charge is 2.31. The molecule has 0 aliphatic rings. The molecule has 0 heterocycles. The molecule has 8 nitrogen and oxygen atoms in total. The lowest BCUT2D eigenvalue weighted by Crippen LogP contribution is -2.03. The summed E-state index contributed by atoms with van der Waals surface area (Å²) in [6.07, 6.45) is 0. The van der Waals surface area contributed by atoms with Crippen LogP contribution in [0.4, 0.5) is 10.5 Å². The Bertz CT molecular complexity index is 524. The molecule has 1 N–H and O–H groups in total. The summed E-state index contributed by atoms with van der Waals surface area (Å²) in [5.41, 5.74) is 7.84. The van der Waals surface area contributed by atoms with Crippen LogP contribution in [0.3, 0.4) is 0 Å². The highest BCUT2D eigenvalue weighted by molar-refractivity contribution is 7.70. The molecule has 18 heavy (non-hydrogen) atoms. The van der Waals surface area contributed by atoms with Gasteiger partial charge < -0.3 is 9.63 Å². The van der Waals surface area contributed by atoms with Crippen LogP contribution in [-0.4, -0.2) is 17.7 Å². The van der Waals surface area contributed by atoms with Gasteiger partial charge in [0.2, 0.25) is 0 Å². The van der Waals surface area contributed by atoms with Gasteiger partial charge in [-0.25, -0.2) is 9.36 Å². The van der Waals surface area contributed by atoms with Crippen molar-refractivity contribution in [2.75, 3.05) is 7.11 Å². The summed E-state index contributed by atoms with van der Waals surface area (Å²) in [6, 6.07) is 6.11. The van der Waals surface area contributed by atoms with Crippen molar-refractivity contribution in [3.63, 3.8) is 0 Å². The van der Waals surface area contributed by atoms with Crippen LogP contribution in [0, 0.1) is 0 Å². The molecule has 0 aromatic heterocycles. The average molecular weight is 271 g/mol. The van der Waals surface area contributed by atoms with E-state index >= 15 is 0 Å². The van der Waals surface area contributed by atoms with Crippen molar-refractivity contribution in [1.29, 1.82) is 0 Å². The van der Waals surface area contributed by atoms with Crippen LogP contribution in [0.5, 0.6) is 0 Å². The van der Waals surface area contributed by atoms with E-state index in [-0.39, 0.29) is 6.61 Å². The number of nitrogens with zero attached hydrogens (tertiary/aromatic N) is 3. The standard InChI is InChI=1S/C9H10N3O5P/c1-16-9(13)18(14,15)17-6-7-2-4-8(5-3-7)11-12-10/h2-5H,6H2,1H3,(H,14,15).